The standard InChI is InChI=1S/C14H15NO3S/c1-10-7-8-12(9-11(10)2)19(17,18)15-13-5-3-4-6-14(13)16/h3-9,15-16H,1-2H3. The van der Waals surface area contributed by atoms with E-state index in [-0.39, 0.29) is 16.3 Å². The first-order valence-corrected chi connectivity index (χ1v) is 7.26. The minimum atomic E-state index is -3.69. The molecule has 0 atom stereocenters. The molecule has 0 unspecified atom stereocenters. The summed E-state index contributed by atoms with van der Waals surface area (Å²) in [5.41, 5.74) is 2.10. The SMILES string of the molecule is Cc1ccc(S(=O)(=O)Nc2ccccc2O)cc1C. The van der Waals surface area contributed by atoms with Crippen LogP contribution < -0.4 is 4.72 Å². The molecule has 0 heterocycles. The van der Waals surface area contributed by atoms with E-state index >= 15 is 0 Å². The van der Waals surface area contributed by atoms with Crippen molar-refractivity contribution in [3.63, 3.8) is 0 Å². The van der Waals surface area contributed by atoms with Crippen LogP contribution in [0.25, 0.3) is 0 Å². The number of rotatable bonds is 3. The summed E-state index contributed by atoms with van der Waals surface area (Å²) in [6.45, 7) is 3.77. The second kappa shape index (κ2) is 4.93. The van der Waals surface area contributed by atoms with Crippen LogP contribution in [0.15, 0.2) is 47.4 Å². The van der Waals surface area contributed by atoms with Crippen molar-refractivity contribution < 1.29 is 13.5 Å². The largest absolute Gasteiger partial charge is 0.506 e. The summed E-state index contributed by atoms with van der Waals surface area (Å²) in [5.74, 6) is -0.102. The van der Waals surface area contributed by atoms with Crippen LogP contribution in [0.2, 0.25) is 0 Å². The summed E-state index contributed by atoms with van der Waals surface area (Å²) in [6.07, 6.45) is 0. The van der Waals surface area contributed by atoms with Crippen LogP contribution in [0.4, 0.5) is 5.69 Å². The molecule has 0 radical (unpaired) electrons. The molecule has 4 nitrogen and oxygen atoms in total. The fraction of sp³-hybridized carbons (Fsp3) is 0.143. The van der Waals surface area contributed by atoms with Gasteiger partial charge in [-0.3, -0.25) is 4.72 Å². The van der Waals surface area contributed by atoms with Crippen molar-refractivity contribution in [3.8, 4) is 5.75 Å². The molecule has 5 heteroatoms. The normalized spacial score (nSPS) is 11.3. The van der Waals surface area contributed by atoms with Gasteiger partial charge in [0.1, 0.15) is 5.75 Å². The van der Waals surface area contributed by atoms with Crippen LogP contribution in [0, 0.1) is 13.8 Å². The van der Waals surface area contributed by atoms with Gasteiger partial charge in [0.2, 0.25) is 0 Å². The number of aromatic hydroxyl groups is 1. The Morgan fingerprint density at radius 3 is 2.32 bits per heavy atom. The van der Waals surface area contributed by atoms with Crippen molar-refractivity contribution in [2.24, 2.45) is 0 Å². The summed E-state index contributed by atoms with van der Waals surface area (Å²) in [7, 11) is -3.69. The Kier molecular flexibility index (Phi) is 3.48. The Hall–Kier alpha value is -2.01. The fourth-order valence-electron chi connectivity index (χ4n) is 1.64. The number of hydrogen-bond donors (Lipinski definition) is 2. The van der Waals surface area contributed by atoms with Gasteiger partial charge in [-0.05, 0) is 49.2 Å². The second-order valence-corrected chi connectivity index (χ2v) is 6.05. The smallest absolute Gasteiger partial charge is 0.262 e. The van der Waals surface area contributed by atoms with Gasteiger partial charge < -0.3 is 5.11 Å². The zero-order valence-corrected chi connectivity index (χ0v) is 11.5. The molecule has 0 spiro atoms. The number of sulfonamides is 1. The van der Waals surface area contributed by atoms with Gasteiger partial charge in [-0.15, -0.1) is 0 Å². The maximum atomic E-state index is 12.2. The van der Waals surface area contributed by atoms with Crippen LogP contribution in [0.3, 0.4) is 0 Å². The third-order valence-electron chi connectivity index (χ3n) is 2.94. The summed E-state index contributed by atoms with van der Waals surface area (Å²) in [6, 6.07) is 11.1. The highest BCUT2D eigenvalue weighted by molar-refractivity contribution is 7.92. The van der Waals surface area contributed by atoms with Crippen molar-refractivity contribution in [2.45, 2.75) is 18.7 Å². The number of anilines is 1. The average Bonchev–Trinajstić information content (AvgIpc) is 2.35. The van der Waals surface area contributed by atoms with Gasteiger partial charge in [0.25, 0.3) is 10.0 Å². The zero-order valence-electron chi connectivity index (χ0n) is 10.7. The molecular formula is C14H15NO3S. The van der Waals surface area contributed by atoms with E-state index in [1.165, 1.54) is 12.1 Å². The van der Waals surface area contributed by atoms with Gasteiger partial charge in [0.05, 0.1) is 10.6 Å². The molecule has 2 aromatic rings. The number of aryl methyl sites for hydroxylation is 2. The van der Waals surface area contributed by atoms with E-state index in [4.69, 9.17) is 0 Å². The number of hydrogen-bond acceptors (Lipinski definition) is 3. The van der Waals surface area contributed by atoms with Crippen LogP contribution in [0.5, 0.6) is 5.75 Å². The predicted octanol–water partition coefficient (Wildman–Crippen LogP) is 2.81. The molecular weight excluding hydrogens is 262 g/mol. The van der Waals surface area contributed by atoms with Crippen LogP contribution >= 0.6 is 0 Å². The monoisotopic (exact) mass is 277 g/mol. The maximum Gasteiger partial charge on any atom is 0.262 e. The van der Waals surface area contributed by atoms with Crippen molar-refractivity contribution in [3.05, 3.63) is 53.6 Å². The topological polar surface area (TPSA) is 66.4 Å². The van der Waals surface area contributed by atoms with E-state index in [2.05, 4.69) is 4.72 Å². The van der Waals surface area contributed by atoms with Crippen LogP contribution in [-0.4, -0.2) is 13.5 Å². The van der Waals surface area contributed by atoms with E-state index in [0.717, 1.165) is 11.1 Å². The zero-order chi connectivity index (χ0) is 14.0. The van der Waals surface area contributed by atoms with Gasteiger partial charge in [0, 0.05) is 0 Å². The molecule has 0 saturated carbocycles. The first kappa shape index (κ1) is 13.4. The van der Waals surface area contributed by atoms with E-state index < -0.39 is 10.0 Å². The molecule has 0 bridgehead atoms. The molecule has 2 rings (SSSR count). The fourth-order valence-corrected chi connectivity index (χ4v) is 2.80. The Bertz CT molecular complexity index is 708. The summed E-state index contributed by atoms with van der Waals surface area (Å²) in [5, 5.41) is 9.59. The second-order valence-electron chi connectivity index (χ2n) is 4.37. The number of phenols is 1. The highest BCUT2D eigenvalue weighted by atomic mass is 32.2. The first-order chi connectivity index (χ1) is 8.90. The Labute approximate surface area is 112 Å². The molecule has 0 aliphatic rings. The van der Waals surface area contributed by atoms with Crippen molar-refractivity contribution >= 4 is 15.7 Å². The highest BCUT2D eigenvalue weighted by Crippen LogP contribution is 2.25. The van der Waals surface area contributed by atoms with E-state index in [1.54, 1.807) is 30.3 Å². The van der Waals surface area contributed by atoms with Crippen LogP contribution in [-0.2, 0) is 10.0 Å². The minimum Gasteiger partial charge on any atom is -0.506 e. The lowest BCUT2D eigenvalue weighted by Gasteiger charge is -2.10. The molecule has 2 N–H and O–H groups in total. The van der Waals surface area contributed by atoms with Gasteiger partial charge in [-0.2, -0.15) is 0 Å². The van der Waals surface area contributed by atoms with Gasteiger partial charge in [-0.1, -0.05) is 18.2 Å². The van der Waals surface area contributed by atoms with Gasteiger partial charge in [-0.25, -0.2) is 8.42 Å². The summed E-state index contributed by atoms with van der Waals surface area (Å²) < 4.78 is 26.8. The quantitative estimate of drug-likeness (QED) is 0.848. The van der Waals surface area contributed by atoms with Crippen molar-refractivity contribution in [2.75, 3.05) is 4.72 Å². The molecule has 0 amide bonds. The number of phenolic OH excluding ortho intramolecular Hbond substituents is 1. The van der Waals surface area contributed by atoms with E-state index in [1.807, 2.05) is 13.8 Å². The van der Waals surface area contributed by atoms with Crippen molar-refractivity contribution in [1.82, 2.24) is 0 Å². The summed E-state index contributed by atoms with van der Waals surface area (Å²) in [4.78, 5) is 0.179. The maximum absolute atomic E-state index is 12.2. The number of para-hydroxylation sites is 2. The lowest BCUT2D eigenvalue weighted by molar-refractivity contribution is 0.477. The Morgan fingerprint density at radius 2 is 1.68 bits per heavy atom. The highest BCUT2D eigenvalue weighted by Gasteiger charge is 2.16. The lowest BCUT2D eigenvalue weighted by Crippen LogP contribution is -2.13. The molecule has 0 aliphatic heterocycles. The molecule has 0 aliphatic carbocycles. The van der Waals surface area contributed by atoms with Gasteiger partial charge in [0.15, 0.2) is 0 Å². The predicted molar refractivity (Wildman–Crippen MR) is 74.8 cm³/mol. The summed E-state index contributed by atoms with van der Waals surface area (Å²) >= 11 is 0. The molecule has 0 fully saturated rings. The third kappa shape index (κ3) is 2.88. The Morgan fingerprint density at radius 1 is 1.00 bits per heavy atom. The number of nitrogens with one attached hydrogen (secondary N) is 1. The molecule has 19 heavy (non-hydrogen) atoms. The molecule has 100 valence electrons. The minimum absolute atomic E-state index is 0.102. The van der Waals surface area contributed by atoms with E-state index in [0.29, 0.717) is 0 Å². The first-order valence-electron chi connectivity index (χ1n) is 5.78. The van der Waals surface area contributed by atoms with E-state index in [9.17, 15) is 13.5 Å². The lowest BCUT2D eigenvalue weighted by atomic mass is 10.1. The molecule has 0 saturated heterocycles. The van der Waals surface area contributed by atoms with Crippen molar-refractivity contribution in [1.29, 1.82) is 0 Å². The third-order valence-corrected chi connectivity index (χ3v) is 4.30. The Balaban J connectivity index is 2.38. The van der Waals surface area contributed by atoms with Gasteiger partial charge >= 0.3 is 0 Å². The molecule has 0 aromatic heterocycles. The van der Waals surface area contributed by atoms with Crippen LogP contribution in [0.1, 0.15) is 11.1 Å². The number of benzene rings is 2. The molecule has 2 aromatic carbocycles. The average molecular weight is 277 g/mol.